The number of carbonyl (C=O) groups excluding carboxylic acids is 1. The summed E-state index contributed by atoms with van der Waals surface area (Å²) in [5.74, 6) is -0.563. The van der Waals surface area contributed by atoms with E-state index in [1.54, 1.807) is 12.5 Å². The Bertz CT molecular complexity index is 1110. The van der Waals surface area contributed by atoms with Gasteiger partial charge >= 0.3 is 12.1 Å². The fourth-order valence-corrected chi connectivity index (χ4v) is 5.06. The third kappa shape index (κ3) is 5.92. The largest absolute Gasteiger partial charge is 0.490 e. The molecule has 2 N–H and O–H groups in total. The summed E-state index contributed by atoms with van der Waals surface area (Å²) in [6, 6.07) is 4.08. The number of aromatic nitrogens is 2. The number of carboxylic acid groups (broad SMARTS) is 1. The number of hydrogen-bond donors (Lipinski definition) is 2. The van der Waals surface area contributed by atoms with E-state index in [0.717, 1.165) is 63.4 Å². The molecule has 4 heterocycles. The van der Waals surface area contributed by atoms with Crippen LogP contribution in [0.4, 0.5) is 13.2 Å². The maximum absolute atomic E-state index is 12.6. The van der Waals surface area contributed by atoms with Crippen LogP contribution in [0.15, 0.2) is 33.8 Å². The molecular weight excluding hydrogens is 469 g/mol. The van der Waals surface area contributed by atoms with Crippen LogP contribution in [0.25, 0.3) is 0 Å². The lowest BCUT2D eigenvalue weighted by Crippen LogP contribution is -2.39. The summed E-state index contributed by atoms with van der Waals surface area (Å²) in [4.78, 5) is 40.8. The standard InChI is InChI=1S/C21H26N4O3.C2HF3O2/c26-20(22-15-5-2-1-3-6-15)18-13-25-10-14-9-24(11-16-7-4-8-28-16)12-17(14)19(25)23-21(18)27;3-2(4,5)1(6)7/h4,7-8,13-15,17H,1-3,5-6,9-12H2,(H,22,26);(H,6,7). The van der Waals surface area contributed by atoms with E-state index in [2.05, 4.69) is 15.2 Å². The highest BCUT2D eigenvalue weighted by Gasteiger charge is 2.42. The van der Waals surface area contributed by atoms with Gasteiger partial charge in [0.05, 0.1) is 12.8 Å². The van der Waals surface area contributed by atoms with Gasteiger partial charge in [0.1, 0.15) is 17.1 Å². The summed E-state index contributed by atoms with van der Waals surface area (Å²) in [5.41, 5.74) is -0.216. The van der Waals surface area contributed by atoms with E-state index in [1.807, 2.05) is 16.7 Å². The van der Waals surface area contributed by atoms with Crippen molar-refractivity contribution in [3.63, 3.8) is 0 Å². The van der Waals surface area contributed by atoms with E-state index in [9.17, 15) is 22.8 Å². The number of amides is 1. The Hall–Kier alpha value is -3.15. The molecule has 2 aromatic rings. The summed E-state index contributed by atoms with van der Waals surface area (Å²) in [7, 11) is 0. The van der Waals surface area contributed by atoms with Crippen molar-refractivity contribution in [3.05, 3.63) is 52.1 Å². The predicted molar refractivity (Wildman–Crippen MR) is 117 cm³/mol. The molecule has 2 aliphatic heterocycles. The Labute approximate surface area is 198 Å². The van der Waals surface area contributed by atoms with Crippen LogP contribution in [0.3, 0.4) is 0 Å². The number of alkyl halides is 3. The summed E-state index contributed by atoms with van der Waals surface area (Å²) >= 11 is 0. The Kier molecular flexibility index (Phi) is 7.29. The van der Waals surface area contributed by atoms with Gasteiger partial charge in [-0.25, -0.2) is 4.79 Å². The zero-order chi connectivity index (χ0) is 25.2. The molecule has 0 spiro atoms. The second-order valence-corrected chi connectivity index (χ2v) is 9.22. The van der Waals surface area contributed by atoms with Crippen molar-refractivity contribution < 1.29 is 32.3 Å². The number of nitrogens with zero attached hydrogens (tertiary/aromatic N) is 3. The van der Waals surface area contributed by atoms with Gasteiger partial charge in [0.25, 0.3) is 11.5 Å². The lowest BCUT2D eigenvalue weighted by atomic mass is 9.95. The van der Waals surface area contributed by atoms with Gasteiger partial charge in [-0.2, -0.15) is 18.2 Å². The first kappa shape index (κ1) is 25.0. The van der Waals surface area contributed by atoms with E-state index in [-0.39, 0.29) is 23.4 Å². The molecule has 5 rings (SSSR count). The minimum atomic E-state index is -5.08. The van der Waals surface area contributed by atoms with Crippen molar-refractivity contribution in [2.75, 3.05) is 13.1 Å². The Morgan fingerprint density at radius 3 is 2.51 bits per heavy atom. The average Bonchev–Trinajstić information content (AvgIpc) is 3.51. The molecule has 9 nitrogen and oxygen atoms in total. The third-order valence-corrected chi connectivity index (χ3v) is 6.69. The van der Waals surface area contributed by atoms with Crippen molar-refractivity contribution in [2.24, 2.45) is 5.92 Å². The molecule has 1 aliphatic carbocycles. The van der Waals surface area contributed by atoms with Gasteiger partial charge in [-0.05, 0) is 25.0 Å². The molecule has 35 heavy (non-hydrogen) atoms. The number of aliphatic carboxylic acids is 1. The first-order valence-corrected chi connectivity index (χ1v) is 11.6. The number of nitrogens with one attached hydrogen (secondary N) is 1. The summed E-state index contributed by atoms with van der Waals surface area (Å²) in [5, 5.41) is 10.2. The molecule has 1 amide bonds. The van der Waals surface area contributed by atoms with E-state index < -0.39 is 17.7 Å². The number of hydrogen-bond acceptors (Lipinski definition) is 6. The quantitative estimate of drug-likeness (QED) is 0.668. The van der Waals surface area contributed by atoms with Crippen LogP contribution in [-0.2, 0) is 17.9 Å². The fourth-order valence-electron chi connectivity index (χ4n) is 5.06. The van der Waals surface area contributed by atoms with Gasteiger partial charge < -0.3 is 19.4 Å². The normalized spacial score (nSPS) is 22.1. The predicted octanol–water partition coefficient (Wildman–Crippen LogP) is 2.76. The minimum Gasteiger partial charge on any atom is -0.475 e. The van der Waals surface area contributed by atoms with Crippen LogP contribution in [0.1, 0.15) is 60.0 Å². The van der Waals surface area contributed by atoms with Gasteiger partial charge in [0.2, 0.25) is 0 Å². The van der Waals surface area contributed by atoms with Gasteiger partial charge in [0, 0.05) is 43.7 Å². The fraction of sp³-hybridized carbons (Fsp3) is 0.565. The van der Waals surface area contributed by atoms with Gasteiger partial charge in [0.15, 0.2) is 0 Å². The SMILES string of the molecule is O=C(NC1CCCCC1)c1cn2c(nc1=O)C1CN(Cc3ccco3)CC1C2.O=C(O)C(F)(F)F. The highest BCUT2D eigenvalue weighted by Crippen LogP contribution is 2.38. The van der Waals surface area contributed by atoms with Crippen LogP contribution in [0, 0.1) is 5.92 Å². The molecule has 2 fully saturated rings. The molecule has 3 aliphatic rings. The molecule has 0 radical (unpaired) electrons. The van der Waals surface area contributed by atoms with Crippen LogP contribution < -0.4 is 10.9 Å². The van der Waals surface area contributed by atoms with E-state index in [0.29, 0.717) is 5.92 Å². The summed E-state index contributed by atoms with van der Waals surface area (Å²) < 4.78 is 39.2. The Morgan fingerprint density at radius 1 is 1.17 bits per heavy atom. The highest BCUT2D eigenvalue weighted by atomic mass is 19.4. The molecule has 0 bridgehead atoms. The zero-order valence-electron chi connectivity index (χ0n) is 19.0. The number of carboxylic acids is 1. The van der Waals surface area contributed by atoms with Crippen molar-refractivity contribution in [3.8, 4) is 0 Å². The maximum atomic E-state index is 12.6. The number of halogens is 3. The summed E-state index contributed by atoms with van der Waals surface area (Å²) in [6.07, 6.45) is 3.87. The first-order chi connectivity index (χ1) is 16.6. The molecule has 2 aromatic heterocycles. The molecule has 2 atom stereocenters. The number of furan rings is 1. The van der Waals surface area contributed by atoms with E-state index in [4.69, 9.17) is 14.3 Å². The molecule has 190 valence electrons. The lowest BCUT2D eigenvalue weighted by molar-refractivity contribution is -0.192. The lowest BCUT2D eigenvalue weighted by Gasteiger charge is -2.22. The third-order valence-electron chi connectivity index (χ3n) is 6.69. The molecular formula is C23H27F3N4O5. The number of fused-ring (bicyclic) bond motifs is 3. The monoisotopic (exact) mass is 496 g/mol. The molecule has 1 saturated carbocycles. The van der Waals surface area contributed by atoms with Gasteiger partial charge in [-0.3, -0.25) is 14.5 Å². The smallest absolute Gasteiger partial charge is 0.475 e. The van der Waals surface area contributed by atoms with Crippen molar-refractivity contribution in [1.82, 2.24) is 19.8 Å². The summed E-state index contributed by atoms with van der Waals surface area (Å²) in [6.45, 7) is 3.41. The Balaban J connectivity index is 0.000000364. The van der Waals surface area contributed by atoms with Crippen LogP contribution >= 0.6 is 0 Å². The molecule has 2 unspecified atom stereocenters. The van der Waals surface area contributed by atoms with Crippen molar-refractivity contribution >= 4 is 11.9 Å². The Morgan fingerprint density at radius 2 is 1.89 bits per heavy atom. The van der Waals surface area contributed by atoms with E-state index >= 15 is 0 Å². The number of likely N-dealkylation sites (tertiary alicyclic amines) is 1. The molecule has 12 heteroatoms. The topological polar surface area (TPSA) is 118 Å². The van der Waals surface area contributed by atoms with Gasteiger partial charge in [-0.1, -0.05) is 19.3 Å². The second kappa shape index (κ2) is 10.2. The average molecular weight is 496 g/mol. The zero-order valence-corrected chi connectivity index (χ0v) is 19.0. The minimum absolute atomic E-state index is 0.182. The van der Waals surface area contributed by atoms with Crippen molar-refractivity contribution in [2.45, 2.75) is 63.3 Å². The first-order valence-electron chi connectivity index (χ1n) is 11.6. The number of rotatable bonds is 4. The van der Waals surface area contributed by atoms with Crippen LogP contribution in [0.2, 0.25) is 0 Å². The van der Waals surface area contributed by atoms with Gasteiger partial charge in [-0.15, -0.1) is 0 Å². The van der Waals surface area contributed by atoms with E-state index in [1.165, 1.54) is 6.42 Å². The molecule has 1 saturated heterocycles. The second-order valence-electron chi connectivity index (χ2n) is 9.22. The van der Waals surface area contributed by atoms with Crippen LogP contribution in [-0.4, -0.2) is 56.7 Å². The molecule has 0 aromatic carbocycles. The van der Waals surface area contributed by atoms with Crippen LogP contribution in [0.5, 0.6) is 0 Å². The number of carbonyl (C=O) groups is 2. The van der Waals surface area contributed by atoms with Crippen molar-refractivity contribution in [1.29, 1.82) is 0 Å². The maximum Gasteiger partial charge on any atom is 0.490 e. The highest BCUT2D eigenvalue weighted by molar-refractivity contribution is 5.93.